The summed E-state index contributed by atoms with van der Waals surface area (Å²) in [5, 5.41) is 16.8. The predicted octanol–water partition coefficient (Wildman–Crippen LogP) is 7.55. The Morgan fingerprint density at radius 2 is 1.26 bits per heavy atom. The van der Waals surface area contributed by atoms with Crippen molar-refractivity contribution in [2.24, 2.45) is 23.7 Å². The molecule has 3 aliphatic rings. The third kappa shape index (κ3) is 8.89. The van der Waals surface area contributed by atoms with Crippen LogP contribution in [0.5, 0.6) is 0 Å². The normalized spacial score (nSPS) is 21.6. The van der Waals surface area contributed by atoms with E-state index in [1.54, 1.807) is 11.1 Å². The molecule has 4 amide bonds. The van der Waals surface area contributed by atoms with Crippen molar-refractivity contribution in [3.63, 3.8) is 0 Å². The predicted molar refractivity (Wildman–Crippen MR) is 234 cm³/mol. The van der Waals surface area contributed by atoms with Gasteiger partial charge in [-0.3, -0.25) is 9.59 Å². The number of carbonyl (C=O) groups is 4. The molecule has 8 rings (SSSR count). The zero-order valence-corrected chi connectivity index (χ0v) is 35.9. The Morgan fingerprint density at radius 1 is 0.742 bits per heavy atom. The molecule has 0 bridgehead atoms. The number of alkyl carbamates (subject to hydrolysis) is 1. The Labute approximate surface area is 361 Å². The van der Waals surface area contributed by atoms with Crippen LogP contribution in [0.1, 0.15) is 77.1 Å². The summed E-state index contributed by atoms with van der Waals surface area (Å²) < 4.78 is 10.4. The van der Waals surface area contributed by atoms with Gasteiger partial charge in [0, 0.05) is 31.9 Å². The number of rotatable bonds is 11. The number of ether oxygens (including phenoxy) is 2. The summed E-state index contributed by atoms with van der Waals surface area (Å²) in [6, 6.07) is 19.0. The standard InChI is InChI=1S/C47H56N8O7/c1-26(2)40(52-46(58)59)44(56)54-24-27(3)18-38(54)42-48-22-36(50-42)30-8-6-29(7-9-30)32-10-11-34-21-35(13-12-33(34)20-32)37-23-49-43(51-37)39-19-28(4)25-55(39)45(57)41(53-47(60)61-5)31-14-16-62-17-15-31/h6-13,20-23,26-28,31,38-41,52H,14-19,24-25H2,1-5H3,(H,48,50)(H,49,51)(H,53,60)(H,58,59)/t27-,28-,38-,39-,40?,41?/m0/s1. The van der Waals surface area contributed by atoms with Gasteiger partial charge in [-0.1, -0.05) is 76.2 Å². The molecular formula is C47H56N8O7. The smallest absolute Gasteiger partial charge is 0.407 e. The van der Waals surface area contributed by atoms with E-state index in [0.29, 0.717) is 45.0 Å². The van der Waals surface area contributed by atoms with Gasteiger partial charge in [-0.05, 0) is 89.0 Å². The van der Waals surface area contributed by atoms with E-state index in [1.165, 1.54) is 7.11 Å². The summed E-state index contributed by atoms with van der Waals surface area (Å²) in [5.74, 6) is 1.34. The van der Waals surface area contributed by atoms with Gasteiger partial charge < -0.3 is 45.0 Å². The van der Waals surface area contributed by atoms with E-state index < -0.39 is 24.3 Å². The lowest BCUT2D eigenvalue weighted by Gasteiger charge is -2.34. The van der Waals surface area contributed by atoms with Crippen molar-refractivity contribution in [1.82, 2.24) is 40.4 Å². The number of aromatic amines is 2. The summed E-state index contributed by atoms with van der Waals surface area (Å²) in [7, 11) is 1.31. The van der Waals surface area contributed by atoms with Gasteiger partial charge in [-0.25, -0.2) is 19.6 Å². The summed E-state index contributed by atoms with van der Waals surface area (Å²) in [4.78, 5) is 71.6. The van der Waals surface area contributed by atoms with Crippen molar-refractivity contribution >= 4 is 34.8 Å². The van der Waals surface area contributed by atoms with Crippen LogP contribution in [0.25, 0.3) is 44.4 Å². The van der Waals surface area contributed by atoms with E-state index >= 15 is 0 Å². The first-order valence-electron chi connectivity index (χ1n) is 21.6. The number of hydrogen-bond donors (Lipinski definition) is 5. The number of methoxy groups -OCH3 is 1. The number of hydrogen-bond acceptors (Lipinski definition) is 8. The van der Waals surface area contributed by atoms with Crippen LogP contribution in [-0.2, 0) is 19.1 Å². The van der Waals surface area contributed by atoms with E-state index in [-0.39, 0.29) is 47.6 Å². The average molecular weight is 845 g/mol. The molecule has 2 aromatic heterocycles. The van der Waals surface area contributed by atoms with Crippen LogP contribution < -0.4 is 10.6 Å². The molecule has 0 saturated carbocycles. The first-order valence-corrected chi connectivity index (χ1v) is 21.6. The number of amides is 4. The monoisotopic (exact) mass is 844 g/mol. The van der Waals surface area contributed by atoms with Gasteiger partial charge in [0.25, 0.3) is 0 Å². The van der Waals surface area contributed by atoms with Gasteiger partial charge in [-0.2, -0.15) is 0 Å². The molecule has 0 spiro atoms. The van der Waals surface area contributed by atoms with E-state index in [0.717, 1.165) is 63.1 Å². The first kappa shape index (κ1) is 42.5. The lowest BCUT2D eigenvalue weighted by molar-refractivity contribution is -0.137. The van der Waals surface area contributed by atoms with Gasteiger partial charge >= 0.3 is 12.2 Å². The number of carbonyl (C=O) groups excluding carboxylic acids is 3. The second-order valence-corrected chi connectivity index (χ2v) is 17.6. The molecule has 3 saturated heterocycles. The van der Waals surface area contributed by atoms with Crippen LogP contribution in [-0.4, -0.2) is 104 Å². The number of imidazole rings is 2. The van der Waals surface area contributed by atoms with E-state index in [2.05, 4.69) is 95.1 Å². The quantitative estimate of drug-likeness (QED) is 0.0892. The molecule has 6 atom stereocenters. The lowest BCUT2D eigenvalue weighted by Crippen LogP contribution is -2.53. The Morgan fingerprint density at radius 3 is 1.82 bits per heavy atom. The highest BCUT2D eigenvalue weighted by Gasteiger charge is 2.43. The number of benzene rings is 3. The van der Waals surface area contributed by atoms with Crippen molar-refractivity contribution in [1.29, 1.82) is 0 Å². The Balaban J connectivity index is 0.953. The van der Waals surface area contributed by atoms with Crippen molar-refractivity contribution in [3.8, 4) is 33.6 Å². The summed E-state index contributed by atoms with van der Waals surface area (Å²) in [6.07, 6.45) is 4.66. The molecule has 3 fully saturated rings. The lowest BCUT2D eigenvalue weighted by atomic mass is 9.90. The van der Waals surface area contributed by atoms with Gasteiger partial charge in [-0.15, -0.1) is 0 Å². The van der Waals surface area contributed by atoms with Gasteiger partial charge in [0.2, 0.25) is 11.8 Å². The third-order valence-electron chi connectivity index (χ3n) is 12.8. The fourth-order valence-corrected chi connectivity index (χ4v) is 9.46. The largest absolute Gasteiger partial charge is 0.465 e. The second-order valence-electron chi connectivity index (χ2n) is 17.6. The first-order chi connectivity index (χ1) is 29.9. The highest BCUT2D eigenvalue weighted by atomic mass is 16.5. The number of carboxylic acid groups (broad SMARTS) is 1. The Hall–Kier alpha value is -6.22. The minimum atomic E-state index is -1.21. The minimum absolute atomic E-state index is 0.0396. The number of aromatic nitrogens is 4. The molecule has 15 heteroatoms. The molecule has 0 aliphatic carbocycles. The molecule has 5 aromatic rings. The second kappa shape index (κ2) is 18.0. The van der Waals surface area contributed by atoms with Crippen LogP contribution in [0.3, 0.4) is 0 Å². The zero-order valence-electron chi connectivity index (χ0n) is 35.9. The van der Waals surface area contributed by atoms with Crippen LogP contribution >= 0.6 is 0 Å². The molecule has 0 radical (unpaired) electrons. The molecular weight excluding hydrogens is 789 g/mol. The highest BCUT2D eigenvalue weighted by molar-refractivity contribution is 5.91. The van der Waals surface area contributed by atoms with Crippen molar-refractivity contribution < 1.29 is 33.8 Å². The van der Waals surface area contributed by atoms with Gasteiger partial charge in [0.05, 0.1) is 43.0 Å². The average Bonchev–Trinajstić information content (AvgIpc) is 4.11. The molecule has 5 heterocycles. The third-order valence-corrected chi connectivity index (χ3v) is 12.8. The number of likely N-dealkylation sites (tertiary alicyclic amines) is 2. The molecule has 2 unspecified atom stereocenters. The summed E-state index contributed by atoms with van der Waals surface area (Å²) in [6.45, 7) is 10.1. The molecule has 15 nitrogen and oxygen atoms in total. The maximum absolute atomic E-state index is 14.1. The molecule has 3 aliphatic heterocycles. The fourth-order valence-electron chi connectivity index (χ4n) is 9.46. The number of H-pyrrole nitrogens is 2. The van der Waals surface area contributed by atoms with Crippen molar-refractivity contribution in [3.05, 3.63) is 84.7 Å². The molecule has 3 aromatic carbocycles. The Bertz CT molecular complexity index is 2420. The van der Waals surface area contributed by atoms with E-state index in [1.807, 2.05) is 24.9 Å². The summed E-state index contributed by atoms with van der Waals surface area (Å²) >= 11 is 0. The fraction of sp³-hybridized carbons (Fsp3) is 0.447. The minimum Gasteiger partial charge on any atom is -0.465 e. The number of nitrogens with one attached hydrogen (secondary N) is 4. The van der Waals surface area contributed by atoms with Crippen molar-refractivity contribution in [2.45, 2.75) is 77.5 Å². The van der Waals surface area contributed by atoms with E-state index in [9.17, 15) is 24.3 Å². The van der Waals surface area contributed by atoms with Crippen LogP contribution in [0, 0.1) is 23.7 Å². The summed E-state index contributed by atoms with van der Waals surface area (Å²) in [5.41, 5.74) is 5.80. The number of fused-ring (bicyclic) bond motifs is 1. The SMILES string of the molecule is COC(=O)NC(C(=O)N1C[C@@H](C)C[C@H]1c1ncc(-c2ccc3cc(-c4ccc(-c5cnc([C@@H]6C[C@H](C)CN6C(=O)C(NC(=O)O)C(C)C)[nH]5)cc4)ccc3c2)[nH]1)C1CCOCC1. The highest BCUT2D eigenvalue weighted by Crippen LogP contribution is 2.38. The van der Waals surface area contributed by atoms with E-state index in [4.69, 9.17) is 19.4 Å². The number of nitrogens with zero attached hydrogens (tertiary/aromatic N) is 4. The molecule has 62 heavy (non-hydrogen) atoms. The topological polar surface area (TPSA) is 195 Å². The molecule has 5 N–H and O–H groups in total. The van der Waals surface area contributed by atoms with Crippen LogP contribution in [0.15, 0.2) is 73.1 Å². The van der Waals surface area contributed by atoms with Gasteiger partial charge in [0.15, 0.2) is 0 Å². The van der Waals surface area contributed by atoms with Crippen LogP contribution in [0.2, 0.25) is 0 Å². The zero-order chi connectivity index (χ0) is 43.7. The van der Waals surface area contributed by atoms with Crippen LogP contribution in [0.4, 0.5) is 9.59 Å². The van der Waals surface area contributed by atoms with Gasteiger partial charge in [0.1, 0.15) is 23.7 Å². The van der Waals surface area contributed by atoms with Crippen molar-refractivity contribution in [2.75, 3.05) is 33.4 Å². The Kier molecular flexibility index (Phi) is 12.3. The maximum Gasteiger partial charge on any atom is 0.407 e. The maximum atomic E-state index is 14.1. The molecule has 326 valence electrons.